The van der Waals surface area contributed by atoms with Gasteiger partial charge in [0, 0.05) is 4.90 Å². The Morgan fingerprint density at radius 1 is 1.09 bits per heavy atom. The predicted octanol–water partition coefficient (Wildman–Crippen LogP) is 5.19. The molecule has 1 aliphatic carbocycles. The average molecular weight is 312 g/mol. The number of hydrogen-bond acceptors (Lipinski definition) is 2. The first-order valence-electron chi connectivity index (χ1n) is 7.59. The summed E-state index contributed by atoms with van der Waals surface area (Å²) in [7, 11) is 0. The molecule has 22 heavy (non-hydrogen) atoms. The second-order valence-electron chi connectivity index (χ2n) is 6.31. The van der Waals surface area contributed by atoms with Gasteiger partial charge in [-0.15, -0.1) is 11.8 Å². The van der Waals surface area contributed by atoms with E-state index in [1.807, 2.05) is 18.2 Å². The molecule has 0 aromatic heterocycles. The van der Waals surface area contributed by atoms with Gasteiger partial charge in [0.1, 0.15) is 4.75 Å². The lowest BCUT2D eigenvalue weighted by Crippen LogP contribution is -2.26. The van der Waals surface area contributed by atoms with Gasteiger partial charge in [0.05, 0.1) is 0 Å². The summed E-state index contributed by atoms with van der Waals surface area (Å²) < 4.78 is -0.843. The van der Waals surface area contributed by atoms with E-state index in [4.69, 9.17) is 0 Å². The minimum atomic E-state index is -0.843. The van der Waals surface area contributed by atoms with Crippen molar-refractivity contribution in [2.24, 2.45) is 0 Å². The summed E-state index contributed by atoms with van der Waals surface area (Å²) in [5.74, 6) is -0.0407. The van der Waals surface area contributed by atoms with E-state index in [0.29, 0.717) is 0 Å². The zero-order chi connectivity index (χ0) is 15.7. The molecule has 3 heteroatoms. The molecule has 1 fully saturated rings. The summed E-state index contributed by atoms with van der Waals surface area (Å²) in [4.78, 5) is 12.4. The number of aliphatic carboxylic acids is 1. The molecule has 0 atom stereocenters. The minimum absolute atomic E-state index is 0.754. The monoisotopic (exact) mass is 312 g/mol. The molecular formula is C19H20O2S. The molecule has 3 rings (SSSR count). The highest BCUT2D eigenvalue weighted by Gasteiger charge is 2.29. The first kappa shape index (κ1) is 15.2. The highest BCUT2D eigenvalue weighted by molar-refractivity contribution is 8.01. The van der Waals surface area contributed by atoms with Gasteiger partial charge in [-0.25, -0.2) is 0 Å². The summed E-state index contributed by atoms with van der Waals surface area (Å²) >= 11 is 1.40. The van der Waals surface area contributed by atoms with Gasteiger partial charge in [-0.2, -0.15) is 0 Å². The van der Waals surface area contributed by atoms with Crippen molar-refractivity contribution in [3.63, 3.8) is 0 Å². The van der Waals surface area contributed by atoms with E-state index in [-0.39, 0.29) is 0 Å². The molecule has 1 saturated carbocycles. The predicted molar refractivity (Wildman–Crippen MR) is 91.4 cm³/mol. The van der Waals surface area contributed by atoms with Crippen LogP contribution in [0.15, 0.2) is 53.4 Å². The highest BCUT2D eigenvalue weighted by atomic mass is 32.2. The number of rotatable bonds is 5. The largest absolute Gasteiger partial charge is 0.480 e. The van der Waals surface area contributed by atoms with E-state index in [1.54, 1.807) is 13.8 Å². The van der Waals surface area contributed by atoms with Gasteiger partial charge in [0.2, 0.25) is 0 Å². The molecule has 0 radical (unpaired) electrons. The number of thioether (sulfide) groups is 1. The smallest absolute Gasteiger partial charge is 0.319 e. The van der Waals surface area contributed by atoms with Crippen LogP contribution in [0.2, 0.25) is 0 Å². The zero-order valence-corrected chi connectivity index (χ0v) is 13.7. The molecule has 2 nitrogen and oxygen atoms in total. The normalized spacial score (nSPS) is 14.8. The molecule has 0 aliphatic heterocycles. The summed E-state index contributed by atoms with van der Waals surface area (Å²) in [6.45, 7) is 3.49. The number of carboxylic acids is 1. The molecule has 0 amide bonds. The van der Waals surface area contributed by atoms with Crippen LogP contribution in [0, 0.1) is 0 Å². The molecule has 0 bridgehead atoms. The summed E-state index contributed by atoms with van der Waals surface area (Å²) in [5, 5.41) is 9.35. The molecule has 2 aromatic rings. The van der Waals surface area contributed by atoms with E-state index >= 15 is 0 Å². The third kappa shape index (κ3) is 3.20. The Morgan fingerprint density at radius 2 is 1.73 bits per heavy atom. The Kier molecular flexibility index (Phi) is 4.00. The van der Waals surface area contributed by atoms with Crippen LogP contribution in [0.4, 0.5) is 0 Å². The van der Waals surface area contributed by atoms with Crippen LogP contribution in [0.1, 0.15) is 38.2 Å². The maximum absolute atomic E-state index is 11.4. The van der Waals surface area contributed by atoms with E-state index in [2.05, 4.69) is 30.3 Å². The van der Waals surface area contributed by atoms with Crippen LogP contribution in [-0.2, 0) is 4.79 Å². The topological polar surface area (TPSA) is 37.3 Å². The fourth-order valence-corrected chi connectivity index (χ4v) is 3.54. The van der Waals surface area contributed by atoms with Crippen molar-refractivity contribution in [3.8, 4) is 11.1 Å². The number of hydrogen-bond donors (Lipinski definition) is 1. The SMILES string of the molecule is CC(C)(Sc1ccccc1-c1ccc(C2CC2)cc1)C(=O)O. The standard InChI is InChI=1S/C19H20O2S/c1-19(2,18(20)21)22-17-6-4-3-5-16(17)15-11-9-14(10-12-15)13-7-8-13/h3-6,9-13H,7-8H2,1-2H3,(H,20,21). The van der Waals surface area contributed by atoms with Gasteiger partial charge in [-0.1, -0.05) is 42.5 Å². The van der Waals surface area contributed by atoms with Crippen LogP contribution in [0.5, 0.6) is 0 Å². The number of benzene rings is 2. The first-order valence-corrected chi connectivity index (χ1v) is 8.41. The van der Waals surface area contributed by atoms with E-state index in [0.717, 1.165) is 21.9 Å². The molecule has 0 unspecified atom stereocenters. The Bertz CT molecular complexity index is 685. The Balaban J connectivity index is 1.91. The van der Waals surface area contributed by atoms with Crippen LogP contribution >= 0.6 is 11.8 Å². The van der Waals surface area contributed by atoms with Crippen molar-refractivity contribution in [1.29, 1.82) is 0 Å². The molecule has 1 N–H and O–H groups in total. The lowest BCUT2D eigenvalue weighted by molar-refractivity contribution is -0.138. The molecule has 2 aromatic carbocycles. The first-order chi connectivity index (χ1) is 10.5. The molecule has 0 heterocycles. The summed E-state index contributed by atoms with van der Waals surface area (Å²) in [6, 6.07) is 16.7. The second kappa shape index (κ2) is 5.81. The molecular weight excluding hydrogens is 292 g/mol. The third-order valence-corrected chi connectivity index (χ3v) is 5.30. The van der Waals surface area contributed by atoms with Crippen molar-refractivity contribution in [1.82, 2.24) is 0 Å². The van der Waals surface area contributed by atoms with E-state index in [9.17, 15) is 9.90 Å². The maximum atomic E-state index is 11.4. The Labute approximate surface area is 135 Å². The molecule has 114 valence electrons. The van der Waals surface area contributed by atoms with Crippen molar-refractivity contribution in [3.05, 3.63) is 54.1 Å². The Morgan fingerprint density at radius 3 is 2.32 bits per heavy atom. The quantitative estimate of drug-likeness (QED) is 0.772. The minimum Gasteiger partial charge on any atom is -0.480 e. The van der Waals surface area contributed by atoms with E-state index < -0.39 is 10.7 Å². The van der Waals surface area contributed by atoms with Crippen LogP contribution in [0.3, 0.4) is 0 Å². The van der Waals surface area contributed by atoms with E-state index in [1.165, 1.54) is 30.2 Å². The van der Waals surface area contributed by atoms with Crippen LogP contribution in [-0.4, -0.2) is 15.8 Å². The van der Waals surface area contributed by atoms with Crippen molar-refractivity contribution >= 4 is 17.7 Å². The van der Waals surface area contributed by atoms with Gasteiger partial charge < -0.3 is 5.11 Å². The summed E-state index contributed by atoms with van der Waals surface area (Å²) in [6.07, 6.45) is 2.61. The average Bonchev–Trinajstić information content (AvgIpc) is 3.32. The van der Waals surface area contributed by atoms with Gasteiger partial charge in [0.25, 0.3) is 0 Å². The lowest BCUT2D eigenvalue weighted by Gasteiger charge is -2.20. The fraction of sp³-hybridized carbons (Fsp3) is 0.316. The summed E-state index contributed by atoms with van der Waals surface area (Å²) in [5.41, 5.74) is 3.66. The Hall–Kier alpha value is -1.74. The van der Waals surface area contributed by atoms with Gasteiger partial charge >= 0.3 is 5.97 Å². The third-order valence-electron chi connectivity index (χ3n) is 4.04. The lowest BCUT2D eigenvalue weighted by atomic mass is 10.0. The fourth-order valence-electron chi connectivity index (χ4n) is 2.46. The van der Waals surface area contributed by atoms with Crippen LogP contribution < -0.4 is 0 Å². The number of carbonyl (C=O) groups is 1. The van der Waals surface area contributed by atoms with Gasteiger partial charge in [0.15, 0.2) is 0 Å². The van der Waals surface area contributed by atoms with Gasteiger partial charge in [-0.3, -0.25) is 4.79 Å². The molecule has 1 aliphatic rings. The zero-order valence-electron chi connectivity index (χ0n) is 12.9. The van der Waals surface area contributed by atoms with Crippen LogP contribution in [0.25, 0.3) is 11.1 Å². The second-order valence-corrected chi connectivity index (χ2v) is 7.97. The molecule has 0 spiro atoms. The van der Waals surface area contributed by atoms with Crippen molar-refractivity contribution in [2.75, 3.05) is 0 Å². The maximum Gasteiger partial charge on any atom is 0.319 e. The van der Waals surface area contributed by atoms with Gasteiger partial charge in [-0.05, 0) is 55.4 Å². The molecule has 0 saturated heterocycles. The number of carboxylic acid groups (broad SMARTS) is 1. The van der Waals surface area contributed by atoms with Crippen molar-refractivity contribution in [2.45, 2.75) is 42.2 Å². The van der Waals surface area contributed by atoms with Crippen molar-refractivity contribution < 1.29 is 9.90 Å². The highest BCUT2D eigenvalue weighted by Crippen LogP contribution is 2.42.